The Balaban J connectivity index is 1.53. The minimum absolute atomic E-state index is 0.100. The van der Waals surface area contributed by atoms with E-state index in [1.165, 1.54) is 4.80 Å². The van der Waals surface area contributed by atoms with Crippen molar-refractivity contribution in [3.05, 3.63) is 35.1 Å². The van der Waals surface area contributed by atoms with Gasteiger partial charge in [-0.3, -0.25) is 4.90 Å². The summed E-state index contributed by atoms with van der Waals surface area (Å²) in [5.41, 5.74) is 0.706. The first-order chi connectivity index (χ1) is 11.6. The van der Waals surface area contributed by atoms with Gasteiger partial charge in [-0.2, -0.15) is 4.80 Å². The summed E-state index contributed by atoms with van der Waals surface area (Å²) >= 11 is 5.95. The molecule has 1 saturated heterocycles. The molecule has 128 valence electrons. The monoisotopic (exact) mass is 349 g/mol. The van der Waals surface area contributed by atoms with E-state index in [0.29, 0.717) is 29.6 Å². The molecule has 9 heteroatoms. The van der Waals surface area contributed by atoms with E-state index in [9.17, 15) is 4.79 Å². The van der Waals surface area contributed by atoms with E-state index in [-0.39, 0.29) is 6.03 Å². The fourth-order valence-corrected chi connectivity index (χ4v) is 2.88. The van der Waals surface area contributed by atoms with Crippen molar-refractivity contribution in [1.82, 2.24) is 30.0 Å². The first kappa shape index (κ1) is 16.7. The van der Waals surface area contributed by atoms with E-state index in [0.717, 1.165) is 26.1 Å². The zero-order chi connectivity index (χ0) is 16.9. The molecule has 0 aliphatic carbocycles. The lowest BCUT2D eigenvalue weighted by molar-refractivity contribution is 0.210. The smallest absolute Gasteiger partial charge is 0.321 e. The zero-order valence-electron chi connectivity index (χ0n) is 13.5. The van der Waals surface area contributed by atoms with Crippen molar-refractivity contribution in [2.24, 2.45) is 7.05 Å². The van der Waals surface area contributed by atoms with Crippen molar-refractivity contribution in [3.8, 4) is 0 Å². The molecule has 0 radical (unpaired) electrons. The summed E-state index contributed by atoms with van der Waals surface area (Å²) in [6.45, 7) is 3.71. The highest BCUT2D eigenvalue weighted by Gasteiger charge is 2.20. The predicted octanol–water partition coefficient (Wildman–Crippen LogP) is 1.60. The van der Waals surface area contributed by atoms with Crippen LogP contribution >= 0.6 is 11.6 Å². The summed E-state index contributed by atoms with van der Waals surface area (Å²) in [6, 6.07) is 7.06. The van der Waals surface area contributed by atoms with E-state index < -0.39 is 0 Å². The van der Waals surface area contributed by atoms with Gasteiger partial charge >= 0.3 is 6.03 Å². The van der Waals surface area contributed by atoms with E-state index in [1.807, 2.05) is 17.0 Å². The normalized spacial score (nSPS) is 16.0. The fraction of sp³-hybridized carbons (Fsp3) is 0.467. The topological polar surface area (TPSA) is 79.2 Å². The van der Waals surface area contributed by atoms with Crippen LogP contribution in [0.1, 0.15) is 12.2 Å². The Labute approximate surface area is 145 Å². The summed E-state index contributed by atoms with van der Waals surface area (Å²) in [4.78, 5) is 17.9. The number of tetrazole rings is 1. The number of hydrogen-bond donors (Lipinski definition) is 1. The van der Waals surface area contributed by atoms with Crippen molar-refractivity contribution < 1.29 is 4.79 Å². The Bertz CT molecular complexity index is 705. The van der Waals surface area contributed by atoms with Crippen molar-refractivity contribution in [3.63, 3.8) is 0 Å². The molecule has 0 bridgehead atoms. The van der Waals surface area contributed by atoms with E-state index in [2.05, 4.69) is 25.6 Å². The molecule has 2 amide bonds. The number of aryl methyl sites for hydroxylation is 1. The molecule has 1 N–H and O–H groups in total. The largest absolute Gasteiger partial charge is 0.323 e. The summed E-state index contributed by atoms with van der Waals surface area (Å²) in [6.07, 6.45) is 0.906. The molecule has 3 rings (SSSR count). The van der Waals surface area contributed by atoms with E-state index in [1.54, 1.807) is 19.2 Å². The van der Waals surface area contributed by atoms with Crippen LogP contribution in [-0.2, 0) is 13.6 Å². The molecule has 0 spiro atoms. The third-order valence-corrected chi connectivity index (χ3v) is 4.10. The van der Waals surface area contributed by atoms with Gasteiger partial charge in [0, 0.05) is 36.9 Å². The Hall–Kier alpha value is -2.19. The molecule has 0 saturated carbocycles. The van der Waals surface area contributed by atoms with Crippen LogP contribution < -0.4 is 5.32 Å². The van der Waals surface area contributed by atoms with Crippen LogP contribution in [0.2, 0.25) is 5.02 Å². The molecule has 0 atom stereocenters. The van der Waals surface area contributed by atoms with Gasteiger partial charge in [0.05, 0.1) is 13.6 Å². The number of rotatable bonds is 3. The molecular formula is C15H20ClN7O. The maximum absolute atomic E-state index is 12.4. The molecular weight excluding hydrogens is 330 g/mol. The fourth-order valence-electron chi connectivity index (χ4n) is 2.69. The van der Waals surface area contributed by atoms with Gasteiger partial charge in [-0.25, -0.2) is 4.79 Å². The van der Waals surface area contributed by atoms with Crippen LogP contribution in [-0.4, -0.2) is 62.2 Å². The second-order valence-electron chi connectivity index (χ2n) is 5.75. The average Bonchev–Trinajstić information content (AvgIpc) is 2.81. The Morgan fingerprint density at radius 1 is 1.29 bits per heavy atom. The lowest BCUT2D eigenvalue weighted by Crippen LogP contribution is -2.38. The first-order valence-corrected chi connectivity index (χ1v) is 8.25. The SMILES string of the molecule is Cn1nnc(CN2CCCN(C(=O)Nc3cccc(Cl)c3)CC2)n1. The van der Waals surface area contributed by atoms with Crippen LogP contribution in [0, 0.1) is 0 Å². The highest BCUT2D eigenvalue weighted by Crippen LogP contribution is 2.16. The first-order valence-electron chi connectivity index (χ1n) is 7.87. The maximum atomic E-state index is 12.4. The Morgan fingerprint density at radius 3 is 2.92 bits per heavy atom. The van der Waals surface area contributed by atoms with Crippen molar-refractivity contribution in [2.45, 2.75) is 13.0 Å². The zero-order valence-corrected chi connectivity index (χ0v) is 14.3. The van der Waals surface area contributed by atoms with Crippen molar-refractivity contribution in [2.75, 3.05) is 31.5 Å². The number of nitrogens with zero attached hydrogens (tertiary/aromatic N) is 6. The maximum Gasteiger partial charge on any atom is 0.321 e. The molecule has 24 heavy (non-hydrogen) atoms. The quantitative estimate of drug-likeness (QED) is 0.910. The van der Waals surface area contributed by atoms with Crippen LogP contribution in [0.5, 0.6) is 0 Å². The van der Waals surface area contributed by atoms with Crippen molar-refractivity contribution >= 4 is 23.3 Å². The highest BCUT2D eigenvalue weighted by atomic mass is 35.5. The summed E-state index contributed by atoms with van der Waals surface area (Å²) in [7, 11) is 1.75. The summed E-state index contributed by atoms with van der Waals surface area (Å²) in [5.74, 6) is 0.703. The third-order valence-electron chi connectivity index (χ3n) is 3.87. The number of hydrogen-bond acceptors (Lipinski definition) is 5. The number of urea groups is 1. The summed E-state index contributed by atoms with van der Waals surface area (Å²) in [5, 5.41) is 15.6. The number of amides is 2. The van der Waals surface area contributed by atoms with Gasteiger partial charge in [0.2, 0.25) is 0 Å². The number of anilines is 1. The average molecular weight is 350 g/mol. The van der Waals surface area contributed by atoms with Crippen LogP contribution in [0.25, 0.3) is 0 Å². The Kier molecular flexibility index (Phi) is 5.27. The lowest BCUT2D eigenvalue weighted by Gasteiger charge is -2.21. The second-order valence-corrected chi connectivity index (χ2v) is 6.19. The van der Waals surface area contributed by atoms with Gasteiger partial charge in [0.25, 0.3) is 0 Å². The third kappa shape index (κ3) is 4.42. The van der Waals surface area contributed by atoms with Gasteiger partial charge in [-0.1, -0.05) is 17.7 Å². The lowest BCUT2D eigenvalue weighted by atomic mass is 10.3. The second kappa shape index (κ2) is 7.59. The number of halogens is 1. The number of benzene rings is 1. The highest BCUT2D eigenvalue weighted by molar-refractivity contribution is 6.30. The molecule has 0 unspecified atom stereocenters. The molecule has 2 heterocycles. The molecule has 1 aliphatic heterocycles. The summed E-state index contributed by atoms with van der Waals surface area (Å²) < 4.78 is 0. The van der Waals surface area contributed by atoms with Gasteiger partial charge in [0.15, 0.2) is 5.82 Å². The number of nitrogens with one attached hydrogen (secondary N) is 1. The number of aromatic nitrogens is 4. The molecule has 1 fully saturated rings. The standard InChI is InChI=1S/C15H20ClN7O/c1-21-19-14(18-20-21)11-22-6-3-7-23(9-8-22)15(24)17-13-5-2-4-12(16)10-13/h2,4-5,10H,3,6-9,11H2,1H3,(H,17,24). The number of carbonyl (C=O) groups excluding carboxylic acids is 1. The van der Waals surface area contributed by atoms with Crippen LogP contribution in [0.4, 0.5) is 10.5 Å². The van der Waals surface area contributed by atoms with E-state index >= 15 is 0 Å². The van der Waals surface area contributed by atoms with Gasteiger partial charge in [0.1, 0.15) is 0 Å². The van der Waals surface area contributed by atoms with Gasteiger partial charge in [-0.15, -0.1) is 10.2 Å². The molecule has 8 nitrogen and oxygen atoms in total. The Morgan fingerprint density at radius 2 is 2.17 bits per heavy atom. The molecule has 1 aromatic heterocycles. The van der Waals surface area contributed by atoms with Crippen LogP contribution in [0.3, 0.4) is 0 Å². The minimum Gasteiger partial charge on any atom is -0.323 e. The van der Waals surface area contributed by atoms with Gasteiger partial charge < -0.3 is 10.2 Å². The molecule has 1 aliphatic rings. The number of carbonyl (C=O) groups is 1. The minimum atomic E-state index is -0.100. The van der Waals surface area contributed by atoms with Crippen LogP contribution in [0.15, 0.2) is 24.3 Å². The van der Waals surface area contributed by atoms with E-state index in [4.69, 9.17) is 11.6 Å². The predicted molar refractivity (Wildman–Crippen MR) is 90.7 cm³/mol. The van der Waals surface area contributed by atoms with Crippen molar-refractivity contribution in [1.29, 1.82) is 0 Å². The van der Waals surface area contributed by atoms with Gasteiger partial charge in [-0.05, 0) is 29.8 Å². The molecule has 2 aromatic rings. The molecule has 1 aromatic carbocycles.